The van der Waals surface area contributed by atoms with Gasteiger partial charge in [-0.15, -0.1) is 11.3 Å². The van der Waals surface area contributed by atoms with E-state index in [1.807, 2.05) is 6.07 Å². The van der Waals surface area contributed by atoms with E-state index in [0.29, 0.717) is 35.3 Å². The summed E-state index contributed by atoms with van der Waals surface area (Å²) in [7, 11) is 1.54. The molecule has 0 unspecified atom stereocenters. The van der Waals surface area contributed by atoms with Crippen molar-refractivity contribution >= 4 is 33.4 Å². The molecule has 1 N–H and O–H groups in total. The average molecular weight is 413 g/mol. The molecule has 4 heterocycles. The van der Waals surface area contributed by atoms with Crippen LogP contribution in [0.1, 0.15) is 33.8 Å². The van der Waals surface area contributed by atoms with Gasteiger partial charge >= 0.3 is 6.09 Å². The molecule has 1 aliphatic rings. The van der Waals surface area contributed by atoms with Crippen molar-refractivity contribution in [3.63, 3.8) is 0 Å². The number of pyridine rings is 1. The first-order valence-corrected chi connectivity index (χ1v) is 10.4. The zero-order valence-electron chi connectivity index (χ0n) is 16.4. The van der Waals surface area contributed by atoms with Crippen molar-refractivity contribution in [1.29, 1.82) is 0 Å². The normalized spacial score (nSPS) is 15.0. The molecular weight excluding hydrogens is 390 g/mol. The van der Waals surface area contributed by atoms with Crippen molar-refractivity contribution in [3.8, 4) is 5.88 Å². The highest BCUT2D eigenvalue weighted by molar-refractivity contribution is 7.20. The Labute approximate surface area is 172 Å². The minimum absolute atomic E-state index is 0.0414. The summed E-state index contributed by atoms with van der Waals surface area (Å²) >= 11 is 1.50. The van der Waals surface area contributed by atoms with E-state index in [-0.39, 0.29) is 5.78 Å². The predicted molar refractivity (Wildman–Crippen MR) is 111 cm³/mol. The summed E-state index contributed by atoms with van der Waals surface area (Å²) in [6.45, 7) is 4.10. The Morgan fingerprint density at radius 1 is 1.28 bits per heavy atom. The van der Waals surface area contributed by atoms with E-state index in [1.54, 1.807) is 25.4 Å². The molecule has 0 bridgehead atoms. The lowest BCUT2D eigenvalue weighted by molar-refractivity contribution is 0.104. The quantitative estimate of drug-likeness (QED) is 0.638. The zero-order valence-corrected chi connectivity index (χ0v) is 17.2. The summed E-state index contributed by atoms with van der Waals surface area (Å²) in [5.74, 6) is 0.876. The second kappa shape index (κ2) is 7.87. The van der Waals surface area contributed by atoms with Crippen LogP contribution >= 0.6 is 11.3 Å². The van der Waals surface area contributed by atoms with E-state index >= 15 is 0 Å². The molecule has 0 saturated carbocycles. The van der Waals surface area contributed by atoms with E-state index in [4.69, 9.17) is 9.84 Å². The van der Waals surface area contributed by atoms with Crippen LogP contribution in [0.4, 0.5) is 4.79 Å². The van der Waals surface area contributed by atoms with Crippen molar-refractivity contribution in [3.05, 3.63) is 46.6 Å². The number of hydrogen-bond acceptors (Lipinski definition) is 5. The van der Waals surface area contributed by atoms with Gasteiger partial charge in [0.2, 0.25) is 11.7 Å². The number of ether oxygens (including phenoxy) is 1. The van der Waals surface area contributed by atoms with Crippen LogP contribution in [0.2, 0.25) is 0 Å². The van der Waals surface area contributed by atoms with E-state index in [0.717, 1.165) is 35.3 Å². The zero-order chi connectivity index (χ0) is 20.5. The van der Waals surface area contributed by atoms with Gasteiger partial charge in [0.05, 0.1) is 12.0 Å². The van der Waals surface area contributed by atoms with Crippen molar-refractivity contribution in [2.75, 3.05) is 20.2 Å². The highest BCUT2D eigenvalue weighted by atomic mass is 32.1. The molecule has 8 heteroatoms. The van der Waals surface area contributed by atoms with Crippen LogP contribution < -0.4 is 4.74 Å². The summed E-state index contributed by atoms with van der Waals surface area (Å²) in [4.78, 5) is 31.4. The van der Waals surface area contributed by atoms with Gasteiger partial charge < -0.3 is 19.3 Å². The Morgan fingerprint density at radius 2 is 2.03 bits per heavy atom. The second-order valence-electron chi connectivity index (χ2n) is 7.40. The molecule has 1 saturated heterocycles. The Bertz CT molecular complexity index is 1050. The van der Waals surface area contributed by atoms with Gasteiger partial charge in [-0.2, -0.15) is 0 Å². The van der Waals surface area contributed by atoms with E-state index in [1.165, 1.54) is 16.2 Å². The fraction of sp³-hybridized carbons (Fsp3) is 0.381. The number of thiophene rings is 1. The molecule has 1 amide bonds. The monoisotopic (exact) mass is 413 g/mol. The van der Waals surface area contributed by atoms with Gasteiger partial charge in [-0.25, -0.2) is 9.78 Å². The van der Waals surface area contributed by atoms with Gasteiger partial charge in [0.15, 0.2) is 0 Å². The molecule has 1 fully saturated rings. The summed E-state index contributed by atoms with van der Waals surface area (Å²) in [5, 5.41) is 10.2. The van der Waals surface area contributed by atoms with Gasteiger partial charge in [-0.3, -0.25) is 4.79 Å². The standard InChI is InChI=1S/C21H23N3O4S/c1-13-9-16-10-17(19(25)15-3-4-18(28-2)22-11-15)29-20(16)24(13)12-14-5-7-23(8-6-14)21(26)27/h3-4,9-11,14H,5-8,12H2,1-2H3,(H,26,27). The Balaban J connectivity index is 1.54. The molecule has 7 nitrogen and oxygen atoms in total. The van der Waals surface area contributed by atoms with Crippen LogP contribution in [-0.4, -0.2) is 51.6 Å². The molecule has 0 spiro atoms. The lowest BCUT2D eigenvalue weighted by Crippen LogP contribution is -2.38. The van der Waals surface area contributed by atoms with Crippen molar-refractivity contribution < 1.29 is 19.4 Å². The maximum Gasteiger partial charge on any atom is 0.407 e. The van der Waals surface area contributed by atoms with Gasteiger partial charge in [-0.05, 0) is 43.9 Å². The Morgan fingerprint density at radius 3 is 2.66 bits per heavy atom. The number of nitrogens with zero attached hydrogens (tertiary/aromatic N) is 3. The van der Waals surface area contributed by atoms with Crippen LogP contribution in [0.3, 0.4) is 0 Å². The first kappa shape index (κ1) is 19.4. The molecule has 29 heavy (non-hydrogen) atoms. The number of carboxylic acid groups (broad SMARTS) is 1. The molecule has 4 rings (SSSR count). The van der Waals surface area contributed by atoms with Gasteiger partial charge in [0, 0.05) is 48.5 Å². The van der Waals surface area contributed by atoms with Crippen LogP contribution in [-0.2, 0) is 6.54 Å². The SMILES string of the molecule is COc1ccc(C(=O)c2cc3cc(C)n(CC4CCN(C(=O)O)CC4)c3s2)cn1. The summed E-state index contributed by atoms with van der Waals surface area (Å²) in [6, 6.07) is 7.48. The molecular formula is C21H23N3O4S. The number of aromatic nitrogens is 2. The number of ketones is 1. The lowest BCUT2D eigenvalue weighted by Gasteiger charge is -2.30. The summed E-state index contributed by atoms with van der Waals surface area (Å²) < 4.78 is 7.32. The second-order valence-corrected chi connectivity index (χ2v) is 8.43. The maximum atomic E-state index is 12.9. The molecule has 1 aliphatic heterocycles. The van der Waals surface area contributed by atoms with Gasteiger partial charge in [0.25, 0.3) is 0 Å². The van der Waals surface area contributed by atoms with E-state index in [9.17, 15) is 9.59 Å². The molecule has 152 valence electrons. The lowest BCUT2D eigenvalue weighted by atomic mass is 9.97. The minimum atomic E-state index is -0.836. The van der Waals surface area contributed by atoms with Crippen LogP contribution in [0.5, 0.6) is 5.88 Å². The fourth-order valence-electron chi connectivity index (χ4n) is 3.85. The third-order valence-electron chi connectivity index (χ3n) is 5.53. The number of piperidine rings is 1. The number of carbonyl (C=O) groups is 2. The molecule has 3 aromatic rings. The number of hydrogen-bond donors (Lipinski definition) is 1. The first-order chi connectivity index (χ1) is 14.0. The topological polar surface area (TPSA) is 84.7 Å². The molecule has 3 aromatic heterocycles. The molecule has 0 aromatic carbocycles. The molecule has 0 aliphatic carbocycles. The average Bonchev–Trinajstić information content (AvgIpc) is 3.26. The Kier molecular flexibility index (Phi) is 5.27. The first-order valence-electron chi connectivity index (χ1n) is 9.58. The summed E-state index contributed by atoms with van der Waals surface area (Å²) in [6.07, 6.45) is 2.43. The number of fused-ring (bicyclic) bond motifs is 1. The van der Waals surface area contributed by atoms with Crippen LogP contribution in [0, 0.1) is 12.8 Å². The predicted octanol–water partition coefficient (Wildman–Crippen LogP) is 4.04. The third-order valence-corrected chi connectivity index (χ3v) is 6.71. The van der Waals surface area contributed by atoms with Gasteiger partial charge in [-0.1, -0.05) is 0 Å². The van der Waals surface area contributed by atoms with Crippen molar-refractivity contribution in [1.82, 2.24) is 14.5 Å². The number of amides is 1. The number of carbonyl (C=O) groups excluding carboxylic acids is 1. The summed E-state index contributed by atoms with van der Waals surface area (Å²) in [5.41, 5.74) is 1.70. The molecule has 0 radical (unpaired) electrons. The Hall–Kier alpha value is -2.87. The smallest absolute Gasteiger partial charge is 0.407 e. The highest BCUT2D eigenvalue weighted by Gasteiger charge is 2.24. The number of methoxy groups -OCH3 is 1. The van der Waals surface area contributed by atoms with Gasteiger partial charge in [0.1, 0.15) is 4.83 Å². The van der Waals surface area contributed by atoms with E-state index < -0.39 is 6.09 Å². The van der Waals surface area contributed by atoms with Crippen LogP contribution in [0.15, 0.2) is 30.5 Å². The number of likely N-dealkylation sites (tertiary alicyclic amines) is 1. The highest BCUT2D eigenvalue weighted by Crippen LogP contribution is 2.32. The third kappa shape index (κ3) is 3.85. The van der Waals surface area contributed by atoms with Crippen molar-refractivity contribution in [2.24, 2.45) is 5.92 Å². The minimum Gasteiger partial charge on any atom is -0.481 e. The van der Waals surface area contributed by atoms with Crippen molar-refractivity contribution in [2.45, 2.75) is 26.3 Å². The number of rotatable bonds is 5. The largest absolute Gasteiger partial charge is 0.481 e. The number of aryl methyl sites for hydroxylation is 1. The maximum absolute atomic E-state index is 12.9. The molecule has 0 atom stereocenters. The fourth-order valence-corrected chi connectivity index (χ4v) is 5.02. The van der Waals surface area contributed by atoms with Crippen LogP contribution in [0.25, 0.3) is 10.2 Å². The van der Waals surface area contributed by atoms with E-state index in [2.05, 4.69) is 22.5 Å².